The Kier molecular flexibility index (Phi) is 3.96. The first-order valence-electron chi connectivity index (χ1n) is 5.98. The van der Waals surface area contributed by atoms with E-state index in [0.29, 0.717) is 14.3 Å². The van der Waals surface area contributed by atoms with E-state index in [2.05, 4.69) is 10.3 Å². The van der Waals surface area contributed by atoms with Crippen LogP contribution in [0.25, 0.3) is 10.2 Å². The van der Waals surface area contributed by atoms with E-state index >= 15 is 0 Å². The van der Waals surface area contributed by atoms with E-state index in [-0.39, 0.29) is 11.5 Å². The maximum absolute atomic E-state index is 9.73. The highest BCUT2D eigenvalue weighted by molar-refractivity contribution is 8.23. The molecule has 2 aromatic carbocycles. The summed E-state index contributed by atoms with van der Waals surface area (Å²) >= 11 is 7.93. The predicted octanol–water partition coefficient (Wildman–Crippen LogP) is 4.20. The van der Waals surface area contributed by atoms with Crippen LogP contribution >= 0.6 is 35.3 Å². The van der Waals surface area contributed by atoms with Gasteiger partial charge in [0.25, 0.3) is 0 Å². The molecule has 0 spiro atoms. The van der Waals surface area contributed by atoms with Crippen LogP contribution in [0.4, 0.5) is 5.13 Å². The first kappa shape index (κ1) is 14.1. The summed E-state index contributed by atoms with van der Waals surface area (Å²) in [7, 11) is 0. The number of fused-ring (bicyclic) bond motifs is 1. The van der Waals surface area contributed by atoms with Gasteiger partial charge < -0.3 is 15.5 Å². The molecule has 106 valence electrons. The minimum atomic E-state index is 0.0752. The number of thiazole rings is 1. The van der Waals surface area contributed by atoms with Crippen molar-refractivity contribution in [3.8, 4) is 11.5 Å². The average molecular weight is 334 g/mol. The summed E-state index contributed by atoms with van der Waals surface area (Å²) in [5, 5.41) is 22.9. The van der Waals surface area contributed by atoms with Crippen molar-refractivity contribution < 1.29 is 10.2 Å². The number of phenols is 2. The molecule has 4 nitrogen and oxygen atoms in total. The topological polar surface area (TPSA) is 65.4 Å². The van der Waals surface area contributed by atoms with Gasteiger partial charge in [-0.25, -0.2) is 4.98 Å². The molecular formula is C14H10N2O2S3. The van der Waals surface area contributed by atoms with Gasteiger partial charge in [-0.2, -0.15) is 0 Å². The highest BCUT2D eigenvalue weighted by atomic mass is 32.2. The lowest BCUT2D eigenvalue weighted by Gasteiger charge is -2.06. The fourth-order valence-electron chi connectivity index (χ4n) is 1.72. The lowest BCUT2D eigenvalue weighted by molar-refractivity contribution is 0.449. The van der Waals surface area contributed by atoms with Crippen molar-refractivity contribution in [2.24, 2.45) is 0 Å². The van der Waals surface area contributed by atoms with Crippen molar-refractivity contribution in [2.45, 2.75) is 4.90 Å². The average Bonchev–Trinajstić information content (AvgIpc) is 2.84. The van der Waals surface area contributed by atoms with Crippen molar-refractivity contribution in [1.82, 2.24) is 4.98 Å². The molecule has 0 aliphatic heterocycles. The summed E-state index contributed by atoms with van der Waals surface area (Å²) in [5.41, 5.74) is 0.915. The van der Waals surface area contributed by atoms with E-state index in [0.717, 1.165) is 10.2 Å². The summed E-state index contributed by atoms with van der Waals surface area (Å²) in [6, 6.07) is 12.1. The van der Waals surface area contributed by atoms with Crippen molar-refractivity contribution in [3.63, 3.8) is 0 Å². The minimum absolute atomic E-state index is 0.0752. The number of anilines is 1. The second kappa shape index (κ2) is 5.88. The number of nitrogens with zero attached hydrogens (tertiary/aromatic N) is 1. The number of aromatic nitrogens is 1. The van der Waals surface area contributed by atoms with Crippen LogP contribution in [0.5, 0.6) is 11.5 Å². The quantitative estimate of drug-likeness (QED) is 0.371. The maximum atomic E-state index is 9.73. The molecule has 1 heterocycles. The second-order valence-electron chi connectivity index (χ2n) is 4.15. The molecule has 3 aromatic rings. The van der Waals surface area contributed by atoms with E-state index in [4.69, 9.17) is 12.2 Å². The molecule has 1 aromatic heterocycles. The molecule has 0 unspecified atom stereocenters. The number of hydrogen-bond donors (Lipinski definition) is 3. The van der Waals surface area contributed by atoms with Gasteiger partial charge in [0.15, 0.2) is 5.13 Å². The molecule has 0 fully saturated rings. The Morgan fingerprint density at radius 3 is 2.81 bits per heavy atom. The van der Waals surface area contributed by atoms with Gasteiger partial charge in [0.1, 0.15) is 15.8 Å². The monoisotopic (exact) mass is 334 g/mol. The van der Waals surface area contributed by atoms with Gasteiger partial charge >= 0.3 is 0 Å². The molecule has 3 rings (SSSR count). The molecule has 0 radical (unpaired) electrons. The van der Waals surface area contributed by atoms with Crippen LogP contribution in [0.3, 0.4) is 0 Å². The van der Waals surface area contributed by atoms with E-state index in [1.165, 1.54) is 41.3 Å². The minimum Gasteiger partial charge on any atom is -0.508 e. The smallest absolute Gasteiger partial charge is 0.189 e. The number of benzene rings is 2. The van der Waals surface area contributed by atoms with Crippen LogP contribution in [0.2, 0.25) is 0 Å². The number of nitrogens with one attached hydrogen (secondary N) is 1. The lowest BCUT2D eigenvalue weighted by atomic mass is 10.3. The first-order chi connectivity index (χ1) is 10.1. The molecular weight excluding hydrogens is 324 g/mol. The molecule has 0 amide bonds. The fraction of sp³-hybridized carbons (Fsp3) is 0. The van der Waals surface area contributed by atoms with Gasteiger partial charge in [-0.1, -0.05) is 47.4 Å². The van der Waals surface area contributed by atoms with Gasteiger partial charge in [0, 0.05) is 0 Å². The largest absolute Gasteiger partial charge is 0.508 e. The maximum Gasteiger partial charge on any atom is 0.189 e. The molecule has 21 heavy (non-hydrogen) atoms. The highest BCUT2D eigenvalue weighted by Crippen LogP contribution is 2.33. The van der Waals surface area contributed by atoms with E-state index in [9.17, 15) is 10.2 Å². The third-order valence-corrected chi connectivity index (χ3v) is 4.79. The lowest BCUT2D eigenvalue weighted by Crippen LogP contribution is -2.03. The predicted molar refractivity (Wildman–Crippen MR) is 91.5 cm³/mol. The Hall–Kier alpha value is -1.83. The fourth-order valence-corrected chi connectivity index (χ4v) is 3.79. The standard InChI is InChI=1S/C14H10N2O2S3/c17-8-5-6-10(18)12(7-8)21-14(19)16-13-15-9-3-1-2-4-11(9)20-13/h1-7,17-18H,(H,15,16,19). The van der Waals surface area contributed by atoms with E-state index in [1.54, 1.807) is 0 Å². The molecule has 0 atom stereocenters. The summed E-state index contributed by atoms with van der Waals surface area (Å²) in [6.45, 7) is 0. The zero-order valence-corrected chi connectivity index (χ0v) is 13.1. The summed E-state index contributed by atoms with van der Waals surface area (Å²) in [5.74, 6) is 0.157. The van der Waals surface area contributed by atoms with Crippen LogP contribution in [-0.4, -0.2) is 19.5 Å². The van der Waals surface area contributed by atoms with Crippen LogP contribution in [0.15, 0.2) is 47.4 Å². The molecule has 0 saturated heterocycles. The van der Waals surface area contributed by atoms with Gasteiger partial charge in [-0.05, 0) is 30.3 Å². The Bertz CT molecular complexity index is 784. The molecule has 0 aliphatic carbocycles. The Morgan fingerprint density at radius 2 is 2.00 bits per heavy atom. The van der Waals surface area contributed by atoms with Gasteiger partial charge in [-0.3, -0.25) is 0 Å². The third kappa shape index (κ3) is 3.26. The Morgan fingerprint density at radius 1 is 1.19 bits per heavy atom. The molecule has 0 aliphatic rings. The number of rotatable bonds is 2. The molecule has 0 saturated carbocycles. The number of phenolic OH excluding ortho intramolecular Hbond substituents is 2. The molecule has 0 bridgehead atoms. The number of thioether (sulfide) groups is 1. The second-order valence-corrected chi connectivity index (χ2v) is 6.90. The van der Waals surface area contributed by atoms with Gasteiger partial charge in [0.2, 0.25) is 0 Å². The number of aromatic hydroxyl groups is 2. The summed E-state index contributed by atoms with van der Waals surface area (Å²) in [4.78, 5) is 4.92. The number of thiocarbonyl (C=S) groups is 1. The van der Waals surface area contributed by atoms with Crippen LogP contribution in [0, 0.1) is 0 Å². The third-order valence-electron chi connectivity index (χ3n) is 2.65. The normalized spacial score (nSPS) is 10.7. The van der Waals surface area contributed by atoms with Crippen molar-refractivity contribution >= 4 is 55.0 Å². The van der Waals surface area contributed by atoms with Crippen LogP contribution < -0.4 is 5.32 Å². The molecule has 3 N–H and O–H groups in total. The van der Waals surface area contributed by atoms with Crippen molar-refractivity contribution in [2.75, 3.05) is 5.32 Å². The SMILES string of the molecule is Oc1ccc(O)c(SC(=S)Nc2nc3ccccc3s2)c1. The molecule has 7 heteroatoms. The Labute approximate surface area is 134 Å². The van der Waals surface area contributed by atoms with Gasteiger partial charge in [0.05, 0.1) is 15.1 Å². The number of para-hydroxylation sites is 1. The van der Waals surface area contributed by atoms with E-state index in [1.807, 2.05) is 24.3 Å². The summed E-state index contributed by atoms with van der Waals surface area (Å²) in [6.07, 6.45) is 0. The van der Waals surface area contributed by atoms with E-state index < -0.39 is 0 Å². The number of hydrogen-bond acceptors (Lipinski definition) is 6. The Balaban J connectivity index is 1.75. The van der Waals surface area contributed by atoms with Crippen LogP contribution in [-0.2, 0) is 0 Å². The highest BCUT2D eigenvalue weighted by Gasteiger charge is 2.09. The van der Waals surface area contributed by atoms with Crippen LogP contribution in [0.1, 0.15) is 0 Å². The van der Waals surface area contributed by atoms with Crippen molar-refractivity contribution in [1.29, 1.82) is 0 Å². The van der Waals surface area contributed by atoms with Crippen molar-refractivity contribution in [3.05, 3.63) is 42.5 Å². The van der Waals surface area contributed by atoms with Gasteiger partial charge in [-0.15, -0.1) is 0 Å². The first-order valence-corrected chi connectivity index (χ1v) is 8.02. The summed E-state index contributed by atoms with van der Waals surface area (Å²) < 4.78 is 1.53. The zero-order valence-electron chi connectivity index (χ0n) is 10.6. The zero-order chi connectivity index (χ0) is 14.8.